The smallest absolute Gasteiger partial charge is 0.149 e. The minimum atomic E-state index is 0.0787. The number of nitrogen functional groups attached to an aromatic ring is 1. The van der Waals surface area contributed by atoms with E-state index in [1.165, 1.54) is 0 Å². The molecule has 86 valence electrons. The SMILES string of the molecule is Nc1n[nH]c2c1C(c1ccccc1)CC(O)=C2. The highest BCUT2D eigenvalue weighted by Crippen LogP contribution is 2.39. The molecular formula is C13H13N3O. The maximum absolute atomic E-state index is 9.77. The normalized spacial score (nSPS) is 18.6. The molecule has 0 aliphatic heterocycles. The number of nitrogens with two attached hydrogens (primary N) is 1. The molecule has 1 unspecified atom stereocenters. The van der Waals surface area contributed by atoms with Gasteiger partial charge < -0.3 is 10.8 Å². The van der Waals surface area contributed by atoms with Gasteiger partial charge in [0.05, 0.1) is 11.5 Å². The van der Waals surface area contributed by atoms with Crippen LogP contribution in [-0.4, -0.2) is 15.3 Å². The molecule has 1 aliphatic rings. The molecule has 1 aromatic carbocycles. The van der Waals surface area contributed by atoms with Crippen molar-refractivity contribution in [3.63, 3.8) is 0 Å². The van der Waals surface area contributed by atoms with Gasteiger partial charge in [0.1, 0.15) is 5.82 Å². The fourth-order valence-electron chi connectivity index (χ4n) is 2.36. The van der Waals surface area contributed by atoms with Crippen molar-refractivity contribution in [3.05, 3.63) is 52.9 Å². The zero-order valence-electron chi connectivity index (χ0n) is 9.22. The average Bonchev–Trinajstić information content (AvgIpc) is 2.71. The number of aromatic nitrogens is 2. The van der Waals surface area contributed by atoms with E-state index in [2.05, 4.69) is 10.2 Å². The first-order chi connectivity index (χ1) is 8.25. The Hall–Kier alpha value is -2.23. The Morgan fingerprint density at radius 3 is 2.82 bits per heavy atom. The van der Waals surface area contributed by atoms with Crippen molar-refractivity contribution >= 4 is 11.9 Å². The summed E-state index contributed by atoms with van der Waals surface area (Å²) in [5.74, 6) is 0.947. The lowest BCUT2D eigenvalue weighted by Gasteiger charge is -2.21. The zero-order chi connectivity index (χ0) is 11.8. The third-order valence-corrected chi connectivity index (χ3v) is 3.14. The molecule has 3 rings (SSSR count). The van der Waals surface area contributed by atoms with Gasteiger partial charge >= 0.3 is 0 Å². The van der Waals surface area contributed by atoms with Crippen LogP contribution in [-0.2, 0) is 0 Å². The van der Waals surface area contributed by atoms with Crippen LogP contribution in [0.2, 0.25) is 0 Å². The van der Waals surface area contributed by atoms with E-state index < -0.39 is 0 Å². The van der Waals surface area contributed by atoms with Gasteiger partial charge in [0.15, 0.2) is 0 Å². The quantitative estimate of drug-likeness (QED) is 0.700. The second-order valence-corrected chi connectivity index (χ2v) is 4.24. The van der Waals surface area contributed by atoms with Crippen molar-refractivity contribution in [2.75, 3.05) is 5.73 Å². The summed E-state index contributed by atoms with van der Waals surface area (Å²) in [7, 11) is 0. The lowest BCUT2D eigenvalue weighted by atomic mass is 9.84. The molecule has 2 aromatic rings. The molecule has 1 aliphatic carbocycles. The maximum Gasteiger partial charge on any atom is 0.149 e. The van der Waals surface area contributed by atoms with Crippen LogP contribution in [0.3, 0.4) is 0 Å². The summed E-state index contributed by atoms with van der Waals surface area (Å²) in [6, 6.07) is 10.0. The fraction of sp³-hybridized carbons (Fsp3) is 0.154. The number of nitrogens with zero attached hydrogens (tertiary/aromatic N) is 1. The first-order valence-corrected chi connectivity index (χ1v) is 5.54. The molecule has 4 nitrogen and oxygen atoms in total. The Bertz CT molecular complexity index is 572. The zero-order valence-corrected chi connectivity index (χ0v) is 9.22. The number of H-pyrrole nitrogens is 1. The molecule has 1 heterocycles. The van der Waals surface area contributed by atoms with Crippen LogP contribution in [0.25, 0.3) is 6.08 Å². The van der Waals surface area contributed by atoms with Crippen molar-refractivity contribution < 1.29 is 5.11 Å². The predicted molar refractivity (Wildman–Crippen MR) is 66.5 cm³/mol. The minimum Gasteiger partial charge on any atom is -0.512 e. The summed E-state index contributed by atoms with van der Waals surface area (Å²) >= 11 is 0. The molecule has 1 atom stereocenters. The lowest BCUT2D eigenvalue weighted by molar-refractivity contribution is 0.383. The van der Waals surface area contributed by atoms with Gasteiger partial charge in [-0.25, -0.2) is 0 Å². The molecular weight excluding hydrogens is 214 g/mol. The van der Waals surface area contributed by atoms with Crippen LogP contribution in [0, 0.1) is 0 Å². The lowest BCUT2D eigenvalue weighted by Crippen LogP contribution is -2.09. The monoisotopic (exact) mass is 227 g/mol. The van der Waals surface area contributed by atoms with E-state index in [9.17, 15) is 5.11 Å². The summed E-state index contributed by atoms with van der Waals surface area (Å²) in [6.07, 6.45) is 2.26. The topological polar surface area (TPSA) is 74.9 Å². The molecule has 0 amide bonds. The molecule has 0 saturated carbocycles. The van der Waals surface area contributed by atoms with E-state index in [0.29, 0.717) is 18.0 Å². The number of fused-ring (bicyclic) bond motifs is 1. The molecule has 4 heteroatoms. The largest absolute Gasteiger partial charge is 0.512 e. The van der Waals surface area contributed by atoms with Gasteiger partial charge in [-0.05, 0) is 5.56 Å². The number of allylic oxidation sites excluding steroid dienone is 1. The second kappa shape index (κ2) is 3.66. The number of rotatable bonds is 1. The second-order valence-electron chi connectivity index (χ2n) is 4.24. The maximum atomic E-state index is 9.77. The molecule has 0 saturated heterocycles. The first kappa shape index (κ1) is 9.96. The molecule has 0 fully saturated rings. The van der Waals surface area contributed by atoms with Gasteiger partial charge in [0.2, 0.25) is 0 Å². The van der Waals surface area contributed by atoms with Crippen LogP contribution in [0.5, 0.6) is 0 Å². The third-order valence-electron chi connectivity index (χ3n) is 3.14. The van der Waals surface area contributed by atoms with E-state index in [1.807, 2.05) is 30.3 Å². The van der Waals surface area contributed by atoms with Crippen molar-refractivity contribution in [2.24, 2.45) is 0 Å². The van der Waals surface area contributed by atoms with Gasteiger partial charge in [0.25, 0.3) is 0 Å². The number of anilines is 1. The summed E-state index contributed by atoms with van der Waals surface area (Å²) in [5, 5.41) is 16.6. The number of aliphatic hydroxyl groups excluding tert-OH is 1. The van der Waals surface area contributed by atoms with Gasteiger partial charge in [0, 0.05) is 24.0 Å². The number of benzene rings is 1. The van der Waals surface area contributed by atoms with Crippen LogP contribution in [0.15, 0.2) is 36.1 Å². The fourth-order valence-corrected chi connectivity index (χ4v) is 2.36. The van der Waals surface area contributed by atoms with Gasteiger partial charge in [-0.3, -0.25) is 5.10 Å². The molecule has 1 aromatic heterocycles. The number of hydrogen-bond acceptors (Lipinski definition) is 3. The Kier molecular flexibility index (Phi) is 2.14. The van der Waals surface area contributed by atoms with E-state index >= 15 is 0 Å². The number of aromatic amines is 1. The first-order valence-electron chi connectivity index (χ1n) is 5.54. The number of nitrogens with one attached hydrogen (secondary N) is 1. The van der Waals surface area contributed by atoms with Gasteiger partial charge in [-0.15, -0.1) is 0 Å². The van der Waals surface area contributed by atoms with E-state index in [4.69, 9.17) is 5.73 Å². The average molecular weight is 227 g/mol. The Morgan fingerprint density at radius 1 is 1.29 bits per heavy atom. The third kappa shape index (κ3) is 1.58. The molecule has 0 radical (unpaired) electrons. The Morgan fingerprint density at radius 2 is 2.06 bits per heavy atom. The molecule has 0 spiro atoms. The van der Waals surface area contributed by atoms with Crippen LogP contribution in [0.4, 0.5) is 5.82 Å². The van der Waals surface area contributed by atoms with Crippen molar-refractivity contribution in [2.45, 2.75) is 12.3 Å². The highest BCUT2D eigenvalue weighted by Gasteiger charge is 2.26. The van der Waals surface area contributed by atoms with Gasteiger partial charge in [-0.1, -0.05) is 30.3 Å². The van der Waals surface area contributed by atoms with Crippen molar-refractivity contribution in [3.8, 4) is 0 Å². The number of hydrogen-bond donors (Lipinski definition) is 3. The van der Waals surface area contributed by atoms with Crippen molar-refractivity contribution in [1.29, 1.82) is 0 Å². The summed E-state index contributed by atoms with van der Waals surface area (Å²) < 4.78 is 0. The minimum absolute atomic E-state index is 0.0787. The summed E-state index contributed by atoms with van der Waals surface area (Å²) in [5.41, 5.74) is 8.81. The molecule has 17 heavy (non-hydrogen) atoms. The number of aliphatic hydroxyl groups is 1. The Balaban J connectivity index is 2.14. The Labute approximate surface area is 98.8 Å². The summed E-state index contributed by atoms with van der Waals surface area (Å²) in [4.78, 5) is 0. The summed E-state index contributed by atoms with van der Waals surface area (Å²) in [6.45, 7) is 0. The van der Waals surface area contributed by atoms with E-state index in [1.54, 1.807) is 6.08 Å². The van der Waals surface area contributed by atoms with Crippen LogP contribution in [0.1, 0.15) is 29.2 Å². The predicted octanol–water partition coefficient (Wildman–Crippen LogP) is 2.43. The van der Waals surface area contributed by atoms with Crippen LogP contribution >= 0.6 is 0 Å². The molecule has 4 N–H and O–H groups in total. The van der Waals surface area contributed by atoms with E-state index in [-0.39, 0.29) is 5.92 Å². The molecule has 0 bridgehead atoms. The van der Waals surface area contributed by atoms with E-state index in [0.717, 1.165) is 16.8 Å². The highest BCUT2D eigenvalue weighted by molar-refractivity contribution is 5.64. The van der Waals surface area contributed by atoms with Crippen LogP contribution < -0.4 is 5.73 Å². The highest BCUT2D eigenvalue weighted by atomic mass is 16.3. The van der Waals surface area contributed by atoms with Crippen molar-refractivity contribution in [1.82, 2.24) is 10.2 Å². The standard InChI is InChI=1S/C13H13N3O/c14-13-12-10(8-4-2-1-3-5-8)6-9(17)7-11(12)15-16-13/h1-5,7,10,17H,6H2,(H3,14,15,16). The van der Waals surface area contributed by atoms with Gasteiger partial charge in [-0.2, -0.15) is 5.10 Å².